The average molecular weight is 495 g/mol. The molecule has 3 N–H and O–H groups in total. The molecular weight excluding hydrogens is 460 g/mol. The third-order valence-corrected chi connectivity index (χ3v) is 7.28. The zero-order valence-corrected chi connectivity index (χ0v) is 21.3. The number of nitrogens with one attached hydrogen (secondary N) is 2. The number of ether oxygens (including phenoxy) is 1. The second kappa shape index (κ2) is 11.5. The maximum absolute atomic E-state index is 13.2. The summed E-state index contributed by atoms with van der Waals surface area (Å²) in [4.78, 5) is 23.9. The Balaban J connectivity index is 2.58. The second-order valence-corrected chi connectivity index (χ2v) is 9.78. The fraction of sp³-hybridized carbons (Fsp3) is 0.522. The zero-order chi connectivity index (χ0) is 25.6. The Morgan fingerprint density at radius 1 is 1.15 bits per heavy atom. The molecule has 0 fully saturated rings. The molecule has 10 nitrogen and oxygen atoms in total. The minimum atomic E-state index is -4.03. The molecule has 0 spiro atoms. The highest BCUT2D eigenvalue weighted by Gasteiger charge is 2.26. The van der Waals surface area contributed by atoms with Crippen molar-refractivity contribution < 1.29 is 27.9 Å². The minimum Gasteiger partial charge on any atom is -0.476 e. The third-order valence-electron chi connectivity index (χ3n) is 5.67. The Kier molecular flexibility index (Phi) is 9.22. The lowest BCUT2D eigenvalue weighted by atomic mass is 10.0. The lowest BCUT2D eigenvalue weighted by Crippen LogP contribution is -2.32. The number of carbonyl (C=O) groups excluding carboxylic acids is 1. The Hall–Kier alpha value is -2.92. The number of aromatic nitrogens is 2. The first kappa shape index (κ1) is 27.3. The summed E-state index contributed by atoms with van der Waals surface area (Å²) in [6.07, 6.45) is 1.90. The first-order valence-electron chi connectivity index (χ1n) is 11.4. The molecule has 0 radical (unpaired) electrons. The molecule has 188 valence electrons. The summed E-state index contributed by atoms with van der Waals surface area (Å²) in [5, 5.41) is 16.2. The van der Waals surface area contributed by atoms with Gasteiger partial charge in [-0.25, -0.2) is 22.6 Å². The molecule has 0 aliphatic heterocycles. The first-order valence-corrected chi connectivity index (χ1v) is 12.9. The van der Waals surface area contributed by atoms with Crippen LogP contribution in [0.5, 0.6) is 11.6 Å². The Bertz CT molecular complexity index is 1140. The number of nitrogens with zero attached hydrogens (tertiary/aromatic N) is 2. The second-order valence-electron chi connectivity index (χ2n) is 8.10. The fourth-order valence-electron chi connectivity index (χ4n) is 3.38. The number of rotatable bonds is 12. The van der Waals surface area contributed by atoms with Gasteiger partial charge < -0.3 is 15.2 Å². The molecule has 0 bridgehead atoms. The van der Waals surface area contributed by atoms with Crippen molar-refractivity contribution >= 4 is 27.6 Å². The molecule has 0 saturated heterocycles. The summed E-state index contributed by atoms with van der Waals surface area (Å²) in [5.74, 6) is -1.46. The third kappa shape index (κ3) is 6.15. The standard InChI is InChI=1S/C23H34N4O6S/c1-7-14(5)26-34(31,32)19-13-17(24-21(28)16(8-2)9-3)11-12-18(19)33-22-15(6)20(23(29)30)25-27(22)10-4/h11-14,16,26H,7-10H2,1-6H3,(H,24,28)(H,29,30)/t14-/m0/s1. The highest BCUT2D eigenvalue weighted by molar-refractivity contribution is 7.89. The van der Waals surface area contributed by atoms with E-state index in [0.717, 1.165) is 0 Å². The molecule has 34 heavy (non-hydrogen) atoms. The van der Waals surface area contributed by atoms with Crippen molar-refractivity contribution in [2.24, 2.45) is 5.92 Å². The number of anilines is 1. The van der Waals surface area contributed by atoms with Gasteiger partial charge in [-0.3, -0.25) is 4.79 Å². The van der Waals surface area contributed by atoms with Crippen LogP contribution in [0.2, 0.25) is 0 Å². The van der Waals surface area contributed by atoms with E-state index < -0.39 is 16.0 Å². The van der Waals surface area contributed by atoms with Crippen LogP contribution in [0.1, 0.15) is 69.9 Å². The van der Waals surface area contributed by atoms with Crippen molar-refractivity contribution in [2.45, 2.75) is 78.3 Å². The lowest BCUT2D eigenvalue weighted by Gasteiger charge is -2.18. The number of sulfonamides is 1. The van der Waals surface area contributed by atoms with E-state index in [9.17, 15) is 23.1 Å². The maximum atomic E-state index is 13.2. The van der Waals surface area contributed by atoms with Gasteiger partial charge in [0.15, 0.2) is 5.69 Å². The van der Waals surface area contributed by atoms with Gasteiger partial charge in [-0.05, 0) is 58.2 Å². The van der Waals surface area contributed by atoms with Gasteiger partial charge in [-0.1, -0.05) is 20.8 Å². The molecule has 0 aliphatic rings. The van der Waals surface area contributed by atoms with Crippen LogP contribution in [0.25, 0.3) is 0 Å². The van der Waals surface area contributed by atoms with Crippen molar-refractivity contribution in [3.8, 4) is 11.6 Å². The molecule has 1 amide bonds. The van der Waals surface area contributed by atoms with Gasteiger partial charge in [0.2, 0.25) is 21.8 Å². The summed E-state index contributed by atoms with van der Waals surface area (Å²) < 4.78 is 36.4. The molecule has 0 unspecified atom stereocenters. The average Bonchev–Trinajstić information content (AvgIpc) is 3.10. The van der Waals surface area contributed by atoms with Gasteiger partial charge in [0.1, 0.15) is 10.6 Å². The highest BCUT2D eigenvalue weighted by Crippen LogP contribution is 2.34. The van der Waals surface area contributed by atoms with E-state index in [1.807, 2.05) is 20.8 Å². The fourth-order valence-corrected chi connectivity index (χ4v) is 4.86. The topological polar surface area (TPSA) is 140 Å². The van der Waals surface area contributed by atoms with Crippen LogP contribution in [-0.4, -0.2) is 41.2 Å². The van der Waals surface area contributed by atoms with Crippen molar-refractivity contribution in [1.82, 2.24) is 14.5 Å². The molecule has 2 rings (SSSR count). The van der Waals surface area contributed by atoms with Crippen LogP contribution >= 0.6 is 0 Å². The van der Waals surface area contributed by atoms with Crippen LogP contribution in [0, 0.1) is 12.8 Å². The number of aryl methyl sites for hydroxylation is 1. The number of carboxylic acids is 1. The lowest BCUT2D eigenvalue weighted by molar-refractivity contribution is -0.120. The number of aromatic carboxylic acids is 1. The van der Waals surface area contributed by atoms with Crippen LogP contribution in [0.4, 0.5) is 5.69 Å². The van der Waals surface area contributed by atoms with E-state index in [1.54, 1.807) is 26.8 Å². The molecule has 1 atom stereocenters. The molecule has 0 aliphatic carbocycles. The Morgan fingerprint density at radius 2 is 1.79 bits per heavy atom. The summed E-state index contributed by atoms with van der Waals surface area (Å²) in [5.41, 5.74) is 0.424. The molecule has 1 aromatic heterocycles. The molecular formula is C23H34N4O6S. The predicted molar refractivity (Wildman–Crippen MR) is 129 cm³/mol. The van der Waals surface area contributed by atoms with E-state index in [4.69, 9.17) is 4.74 Å². The van der Waals surface area contributed by atoms with Gasteiger partial charge in [0.25, 0.3) is 0 Å². The minimum absolute atomic E-state index is 0.00836. The van der Waals surface area contributed by atoms with Crippen LogP contribution in [-0.2, 0) is 21.4 Å². The number of carboxylic acid groups (broad SMARTS) is 1. The number of hydrogen-bond acceptors (Lipinski definition) is 6. The monoisotopic (exact) mass is 494 g/mol. The first-order chi connectivity index (χ1) is 16.0. The molecule has 11 heteroatoms. The molecule has 2 aromatic rings. The van der Waals surface area contributed by atoms with E-state index >= 15 is 0 Å². The number of carbonyl (C=O) groups is 2. The van der Waals surface area contributed by atoms with Crippen LogP contribution in [0.3, 0.4) is 0 Å². The van der Waals surface area contributed by atoms with E-state index in [-0.39, 0.29) is 45.6 Å². The van der Waals surface area contributed by atoms with E-state index in [2.05, 4.69) is 15.1 Å². The summed E-state index contributed by atoms with van der Waals surface area (Å²) in [7, 11) is -4.03. The van der Waals surface area contributed by atoms with Crippen LogP contribution < -0.4 is 14.8 Å². The largest absolute Gasteiger partial charge is 0.476 e. The summed E-state index contributed by atoms with van der Waals surface area (Å²) in [6, 6.07) is 4.01. The number of hydrogen-bond donors (Lipinski definition) is 3. The van der Waals surface area contributed by atoms with Gasteiger partial charge in [0.05, 0.1) is 0 Å². The van der Waals surface area contributed by atoms with Gasteiger partial charge in [0, 0.05) is 29.8 Å². The van der Waals surface area contributed by atoms with Gasteiger partial charge >= 0.3 is 5.97 Å². The zero-order valence-electron chi connectivity index (χ0n) is 20.5. The SMILES string of the molecule is CCC(CC)C(=O)Nc1ccc(Oc2c(C)c(C(=O)O)nn2CC)c(S(=O)(=O)N[C@@H](C)CC)c1. The smallest absolute Gasteiger partial charge is 0.356 e. The van der Waals surface area contributed by atoms with Crippen molar-refractivity contribution in [2.75, 3.05) is 5.32 Å². The van der Waals surface area contributed by atoms with Gasteiger partial charge in [-0.2, -0.15) is 5.10 Å². The van der Waals surface area contributed by atoms with E-state index in [1.165, 1.54) is 16.8 Å². The molecule has 0 saturated carbocycles. The normalized spacial score (nSPS) is 12.6. The maximum Gasteiger partial charge on any atom is 0.356 e. The summed E-state index contributed by atoms with van der Waals surface area (Å²) in [6.45, 7) is 11.1. The van der Waals surface area contributed by atoms with E-state index in [0.29, 0.717) is 31.5 Å². The molecule has 1 heterocycles. The Labute approximate surface area is 200 Å². The number of benzene rings is 1. The quantitative estimate of drug-likeness (QED) is 0.403. The Morgan fingerprint density at radius 3 is 2.32 bits per heavy atom. The van der Waals surface area contributed by atoms with Crippen molar-refractivity contribution in [1.29, 1.82) is 0 Å². The summed E-state index contributed by atoms with van der Waals surface area (Å²) >= 11 is 0. The van der Waals surface area contributed by atoms with Gasteiger partial charge in [-0.15, -0.1) is 0 Å². The highest BCUT2D eigenvalue weighted by atomic mass is 32.2. The predicted octanol–water partition coefficient (Wildman–Crippen LogP) is 4.15. The molecule has 1 aromatic carbocycles. The van der Waals surface area contributed by atoms with Crippen molar-refractivity contribution in [3.63, 3.8) is 0 Å². The van der Waals surface area contributed by atoms with Crippen LogP contribution in [0.15, 0.2) is 23.1 Å². The van der Waals surface area contributed by atoms with Crippen molar-refractivity contribution in [3.05, 3.63) is 29.5 Å². The number of amides is 1.